The molecule has 3 rings (SSSR count). The van der Waals surface area contributed by atoms with Crippen LogP contribution in [-0.4, -0.2) is 12.5 Å². The van der Waals surface area contributed by atoms with Gasteiger partial charge in [-0.05, 0) is 48.6 Å². The van der Waals surface area contributed by atoms with E-state index >= 15 is 0 Å². The second-order valence-electron chi connectivity index (χ2n) is 5.36. The molecule has 0 saturated carbocycles. The van der Waals surface area contributed by atoms with E-state index in [4.69, 9.17) is 4.74 Å². The maximum absolute atomic E-state index is 12.0. The summed E-state index contributed by atoms with van der Waals surface area (Å²) in [6.07, 6.45) is 2.29. The van der Waals surface area contributed by atoms with Crippen LogP contribution in [0.3, 0.4) is 0 Å². The van der Waals surface area contributed by atoms with Gasteiger partial charge in [0.25, 0.3) is 0 Å². The Labute approximate surface area is 124 Å². The number of ether oxygens (including phenoxy) is 1. The number of rotatable bonds is 3. The third kappa shape index (κ3) is 2.92. The van der Waals surface area contributed by atoms with E-state index in [1.807, 2.05) is 18.2 Å². The van der Waals surface area contributed by atoms with Crippen LogP contribution in [0.15, 0.2) is 42.5 Å². The van der Waals surface area contributed by atoms with Crippen LogP contribution in [-0.2, 0) is 17.8 Å². The number of esters is 1. The van der Waals surface area contributed by atoms with Gasteiger partial charge in [0.15, 0.2) is 0 Å². The molecular weight excluding hydrogens is 262 g/mol. The summed E-state index contributed by atoms with van der Waals surface area (Å²) in [5.41, 5.74) is 5.41. The third-order valence-corrected chi connectivity index (χ3v) is 3.96. The number of hydrogen-bond acceptors (Lipinski definition) is 3. The molecular formula is C18H19NO2. The summed E-state index contributed by atoms with van der Waals surface area (Å²) in [5, 5.41) is 3.45. The van der Waals surface area contributed by atoms with Crippen molar-refractivity contribution in [1.29, 1.82) is 0 Å². The van der Waals surface area contributed by atoms with Crippen molar-refractivity contribution < 1.29 is 9.53 Å². The Kier molecular flexibility index (Phi) is 3.91. The Bertz CT molecular complexity index is 650. The molecule has 2 aromatic rings. The molecule has 0 bridgehead atoms. The quantitative estimate of drug-likeness (QED) is 0.872. The summed E-state index contributed by atoms with van der Waals surface area (Å²) in [5.74, 6) is -0.277. The lowest BCUT2D eigenvalue weighted by molar-refractivity contribution is 0.0472. The lowest BCUT2D eigenvalue weighted by Gasteiger charge is -2.22. The van der Waals surface area contributed by atoms with E-state index in [1.165, 1.54) is 23.2 Å². The number of hydrogen-bond donors (Lipinski definition) is 1. The molecule has 2 aromatic carbocycles. The van der Waals surface area contributed by atoms with Gasteiger partial charge in [-0.1, -0.05) is 30.3 Å². The molecule has 1 N–H and O–H groups in total. The Morgan fingerprint density at radius 3 is 2.81 bits per heavy atom. The Balaban J connectivity index is 1.72. The standard InChI is InChI=1S/C18H19NO2/c1-13-16(10-9-14-8-5-11-19-17(13)14)12-21-18(20)15-6-3-2-4-7-15/h2-4,6-7,9-10,19H,5,8,11-12H2,1H3. The molecule has 108 valence electrons. The van der Waals surface area contributed by atoms with Gasteiger partial charge in [-0.2, -0.15) is 0 Å². The molecule has 3 nitrogen and oxygen atoms in total. The smallest absolute Gasteiger partial charge is 0.338 e. The number of aryl methyl sites for hydroxylation is 1. The molecule has 0 fully saturated rings. The van der Waals surface area contributed by atoms with E-state index in [2.05, 4.69) is 24.4 Å². The fourth-order valence-electron chi connectivity index (χ4n) is 2.71. The molecule has 0 radical (unpaired) electrons. The maximum atomic E-state index is 12.0. The minimum absolute atomic E-state index is 0.277. The second kappa shape index (κ2) is 6.00. The molecule has 0 spiro atoms. The van der Waals surface area contributed by atoms with Gasteiger partial charge in [-0.25, -0.2) is 4.79 Å². The molecule has 0 atom stereocenters. The van der Waals surface area contributed by atoms with Crippen LogP contribution in [0.25, 0.3) is 0 Å². The fraction of sp³-hybridized carbons (Fsp3) is 0.278. The highest BCUT2D eigenvalue weighted by atomic mass is 16.5. The third-order valence-electron chi connectivity index (χ3n) is 3.96. The minimum atomic E-state index is -0.277. The minimum Gasteiger partial charge on any atom is -0.457 e. The van der Waals surface area contributed by atoms with Gasteiger partial charge >= 0.3 is 5.97 Å². The zero-order chi connectivity index (χ0) is 14.7. The SMILES string of the molecule is Cc1c(COC(=O)c2ccccc2)ccc2c1NCCC2. The molecule has 1 aliphatic rings. The zero-order valence-electron chi connectivity index (χ0n) is 12.2. The van der Waals surface area contributed by atoms with E-state index in [9.17, 15) is 4.79 Å². The van der Waals surface area contributed by atoms with E-state index in [1.54, 1.807) is 12.1 Å². The number of benzene rings is 2. The van der Waals surface area contributed by atoms with Crippen molar-refractivity contribution in [3.8, 4) is 0 Å². The first-order valence-electron chi connectivity index (χ1n) is 7.33. The van der Waals surface area contributed by atoms with E-state index in [-0.39, 0.29) is 5.97 Å². The lowest BCUT2D eigenvalue weighted by Crippen LogP contribution is -2.14. The number of fused-ring (bicyclic) bond motifs is 1. The van der Waals surface area contributed by atoms with Crippen LogP contribution in [0, 0.1) is 6.92 Å². The first kappa shape index (κ1) is 13.7. The number of anilines is 1. The summed E-state index contributed by atoms with van der Waals surface area (Å²) in [4.78, 5) is 12.0. The van der Waals surface area contributed by atoms with Crippen LogP contribution >= 0.6 is 0 Å². The van der Waals surface area contributed by atoms with Crippen LogP contribution in [0.2, 0.25) is 0 Å². The Hall–Kier alpha value is -2.29. The van der Waals surface area contributed by atoms with E-state index < -0.39 is 0 Å². The molecule has 1 heterocycles. The van der Waals surface area contributed by atoms with Gasteiger partial charge in [0, 0.05) is 12.2 Å². The molecule has 21 heavy (non-hydrogen) atoms. The Morgan fingerprint density at radius 2 is 2.00 bits per heavy atom. The zero-order valence-corrected chi connectivity index (χ0v) is 12.2. The monoisotopic (exact) mass is 281 g/mol. The molecule has 3 heteroatoms. The molecule has 0 aliphatic carbocycles. The molecule has 0 saturated heterocycles. The number of nitrogens with one attached hydrogen (secondary N) is 1. The first-order chi connectivity index (χ1) is 10.3. The van der Waals surface area contributed by atoms with Gasteiger partial charge in [0.1, 0.15) is 6.61 Å². The Morgan fingerprint density at radius 1 is 1.19 bits per heavy atom. The van der Waals surface area contributed by atoms with Crippen molar-refractivity contribution >= 4 is 11.7 Å². The highest BCUT2D eigenvalue weighted by molar-refractivity contribution is 5.89. The van der Waals surface area contributed by atoms with E-state index in [0.717, 1.165) is 18.5 Å². The van der Waals surface area contributed by atoms with Crippen molar-refractivity contribution in [1.82, 2.24) is 0 Å². The van der Waals surface area contributed by atoms with Crippen LogP contribution < -0.4 is 5.32 Å². The highest BCUT2D eigenvalue weighted by Gasteiger charge is 2.14. The fourth-order valence-corrected chi connectivity index (χ4v) is 2.71. The summed E-state index contributed by atoms with van der Waals surface area (Å²) < 4.78 is 5.42. The van der Waals surface area contributed by atoms with Crippen molar-refractivity contribution in [2.24, 2.45) is 0 Å². The first-order valence-corrected chi connectivity index (χ1v) is 7.33. The maximum Gasteiger partial charge on any atom is 0.338 e. The van der Waals surface area contributed by atoms with Gasteiger partial charge < -0.3 is 10.1 Å². The topological polar surface area (TPSA) is 38.3 Å². The molecule has 1 aliphatic heterocycles. The van der Waals surface area contributed by atoms with Crippen molar-refractivity contribution in [2.75, 3.05) is 11.9 Å². The van der Waals surface area contributed by atoms with Gasteiger partial charge in [0.2, 0.25) is 0 Å². The summed E-state index contributed by atoms with van der Waals surface area (Å²) in [7, 11) is 0. The average Bonchev–Trinajstić information content (AvgIpc) is 2.55. The molecule has 0 amide bonds. The van der Waals surface area contributed by atoms with Gasteiger partial charge in [-0.3, -0.25) is 0 Å². The predicted octanol–water partition coefficient (Wildman–Crippen LogP) is 3.71. The average molecular weight is 281 g/mol. The summed E-state index contributed by atoms with van der Waals surface area (Å²) in [6.45, 7) is 3.42. The van der Waals surface area contributed by atoms with Crippen LogP contribution in [0.1, 0.15) is 33.5 Å². The number of carbonyl (C=O) groups excluding carboxylic acids is 1. The van der Waals surface area contributed by atoms with Crippen LogP contribution in [0.5, 0.6) is 0 Å². The van der Waals surface area contributed by atoms with Crippen molar-refractivity contribution in [2.45, 2.75) is 26.4 Å². The van der Waals surface area contributed by atoms with E-state index in [0.29, 0.717) is 12.2 Å². The van der Waals surface area contributed by atoms with Crippen molar-refractivity contribution in [3.05, 3.63) is 64.7 Å². The summed E-state index contributed by atoms with van der Waals surface area (Å²) in [6, 6.07) is 13.3. The van der Waals surface area contributed by atoms with Crippen molar-refractivity contribution in [3.63, 3.8) is 0 Å². The van der Waals surface area contributed by atoms with Gasteiger partial charge in [0.05, 0.1) is 5.56 Å². The van der Waals surface area contributed by atoms with Gasteiger partial charge in [-0.15, -0.1) is 0 Å². The molecule has 0 unspecified atom stereocenters. The summed E-state index contributed by atoms with van der Waals surface area (Å²) >= 11 is 0. The highest BCUT2D eigenvalue weighted by Crippen LogP contribution is 2.28. The largest absolute Gasteiger partial charge is 0.457 e. The second-order valence-corrected chi connectivity index (χ2v) is 5.36. The lowest BCUT2D eigenvalue weighted by atomic mass is 9.96. The number of carbonyl (C=O) groups is 1. The normalized spacial score (nSPS) is 13.2. The molecule has 0 aromatic heterocycles. The predicted molar refractivity (Wildman–Crippen MR) is 83.6 cm³/mol. The van der Waals surface area contributed by atoms with Crippen LogP contribution in [0.4, 0.5) is 5.69 Å².